The van der Waals surface area contributed by atoms with Gasteiger partial charge in [0.1, 0.15) is 11.6 Å². The molecule has 0 radical (unpaired) electrons. The van der Waals surface area contributed by atoms with Gasteiger partial charge in [0.2, 0.25) is 0 Å². The van der Waals surface area contributed by atoms with Crippen LogP contribution in [0.4, 0.5) is 27.4 Å². The van der Waals surface area contributed by atoms with Crippen LogP contribution in [-0.4, -0.2) is 17.6 Å². The first kappa shape index (κ1) is 21.2. The van der Waals surface area contributed by atoms with Crippen molar-refractivity contribution in [2.24, 2.45) is 0 Å². The van der Waals surface area contributed by atoms with E-state index in [4.69, 9.17) is 23.2 Å². The lowest BCUT2D eigenvalue weighted by atomic mass is 10.3. The second-order valence-electron chi connectivity index (χ2n) is 6.43. The molecule has 1 heterocycles. The van der Waals surface area contributed by atoms with Crippen molar-refractivity contribution in [1.82, 2.24) is 9.19 Å². The highest BCUT2D eigenvalue weighted by molar-refractivity contribution is 7.90. The highest BCUT2D eigenvalue weighted by Crippen LogP contribution is 2.31. The number of para-hydroxylation sites is 2. The van der Waals surface area contributed by atoms with E-state index in [0.29, 0.717) is 21.4 Å². The Morgan fingerprint density at radius 3 is 1.94 bits per heavy atom. The Kier molecular flexibility index (Phi) is 5.86. The molecule has 3 aromatic carbocycles. The van der Waals surface area contributed by atoms with Crippen LogP contribution in [0.3, 0.4) is 0 Å². The highest BCUT2D eigenvalue weighted by atomic mass is 35.5. The van der Waals surface area contributed by atoms with E-state index in [2.05, 4.69) is 15.7 Å². The summed E-state index contributed by atoms with van der Waals surface area (Å²) >= 11 is 12.4. The number of hydrogen-bond acceptors (Lipinski definition) is 5. The van der Waals surface area contributed by atoms with Gasteiger partial charge in [0.05, 0.1) is 26.3 Å². The largest absolute Gasteiger partial charge is 0.338 e. The maximum absolute atomic E-state index is 13.3. The lowest BCUT2D eigenvalue weighted by Gasteiger charge is -2.11. The molecule has 4 aromatic rings. The summed E-state index contributed by atoms with van der Waals surface area (Å²) in [5, 5.41) is 11.0. The topological polar surface area (TPSA) is 76.0 Å². The third-order valence-corrected chi connectivity index (χ3v) is 6.55. The molecule has 1 aromatic heterocycles. The second kappa shape index (κ2) is 8.58. The maximum Gasteiger partial charge on any atom is 0.284 e. The van der Waals surface area contributed by atoms with Crippen molar-refractivity contribution >= 4 is 56.2 Å². The molecule has 0 amide bonds. The van der Waals surface area contributed by atoms with Gasteiger partial charge >= 0.3 is 0 Å². The van der Waals surface area contributed by atoms with Crippen molar-refractivity contribution < 1.29 is 12.8 Å². The molecule has 0 saturated heterocycles. The summed E-state index contributed by atoms with van der Waals surface area (Å²) in [6.45, 7) is 0. The smallest absolute Gasteiger partial charge is 0.284 e. The van der Waals surface area contributed by atoms with Gasteiger partial charge in [-0.25, -0.2) is 4.39 Å². The van der Waals surface area contributed by atoms with Crippen LogP contribution in [0.15, 0.2) is 83.8 Å². The van der Waals surface area contributed by atoms with Crippen LogP contribution in [0.25, 0.3) is 0 Å². The van der Waals surface area contributed by atoms with Gasteiger partial charge in [-0.15, -0.1) is 9.19 Å². The number of halogens is 3. The van der Waals surface area contributed by atoms with Crippen LogP contribution in [0, 0.1) is 5.82 Å². The summed E-state index contributed by atoms with van der Waals surface area (Å²) in [6.07, 6.45) is 0. The third-order valence-electron chi connectivity index (χ3n) is 4.29. The molecular formula is C21H15Cl2FN4O2S. The second-order valence-corrected chi connectivity index (χ2v) is 9.01. The number of hydrogen-bond donors (Lipinski definition) is 2. The SMILES string of the molecule is O=S(=O)(c1ccc(F)cc1)n1nc(Nc2ccccc2Cl)cc1Nc1ccccc1Cl. The number of nitrogens with one attached hydrogen (secondary N) is 2. The molecule has 6 nitrogen and oxygen atoms in total. The van der Waals surface area contributed by atoms with Crippen LogP contribution >= 0.6 is 23.2 Å². The summed E-state index contributed by atoms with van der Waals surface area (Å²) in [5.74, 6) is -0.185. The number of nitrogens with zero attached hydrogens (tertiary/aromatic N) is 2. The standard InChI is InChI=1S/C21H15Cl2FN4O2S/c22-16-5-1-3-7-18(16)25-20-13-21(26-19-8-4-2-6-17(19)23)28(27-20)31(29,30)15-11-9-14(24)10-12-15/h1-13,26H,(H,25,27). The lowest BCUT2D eigenvalue weighted by Crippen LogP contribution is -2.17. The molecule has 0 aliphatic heterocycles. The van der Waals surface area contributed by atoms with E-state index in [9.17, 15) is 12.8 Å². The lowest BCUT2D eigenvalue weighted by molar-refractivity contribution is 0.580. The fourth-order valence-corrected chi connectivity index (χ4v) is 4.40. The molecule has 158 valence electrons. The molecule has 2 N–H and O–H groups in total. The van der Waals surface area contributed by atoms with E-state index in [1.807, 2.05) is 0 Å². The zero-order valence-corrected chi connectivity index (χ0v) is 18.1. The molecule has 0 atom stereocenters. The summed E-state index contributed by atoms with van der Waals surface area (Å²) in [4.78, 5) is -0.122. The zero-order valence-electron chi connectivity index (χ0n) is 15.8. The molecule has 0 spiro atoms. The Morgan fingerprint density at radius 1 is 0.806 bits per heavy atom. The average molecular weight is 477 g/mol. The molecule has 0 aliphatic rings. The number of benzene rings is 3. The van der Waals surface area contributed by atoms with Gasteiger partial charge in [0.25, 0.3) is 10.0 Å². The van der Waals surface area contributed by atoms with Gasteiger partial charge < -0.3 is 10.6 Å². The molecular weight excluding hydrogens is 462 g/mol. The van der Waals surface area contributed by atoms with Crippen molar-refractivity contribution in [1.29, 1.82) is 0 Å². The van der Waals surface area contributed by atoms with Crippen molar-refractivity contribution in [2.45, 2.75) is 4.90 Å². The Labute approximate surface area is 188 Å². The van der Waals surface area contributed by atoms with Crippen LogP contribution in [0.1, 0.15) is 0 Å². The summed E-state index contributed by atoms with van der Waals surface area (Å²) in [5.41, 5.74) is 1.04. The molecule has 0 saturated carbocycles. The van der Waals surface area contributed by atoms with Crippen LogP contribution < -0.4 is 10.6 Å². The predicted octanol–water partition coefficient (Wildman–Crippen LogP) is 6.05. The maximum atomic E-state index is 13.3. The molecule has 0 unspecified atom stereocenters. The van der Waals surface area contributed by atoms with Gasteiger partial charge in [-0.05, 0) is 48.5 Å². The van der Waals surface area contributed by atoms with Crippen LogP contribution in [0.5, 0.6) is 0 Å². The molecule has 31 heavy (non-hydrogen) atoms. The molecule has 0 bridgehead atoms. The summed E-state index contributed by atoms with van der Waals surface area (Å²) in [6, 6.07) is 19.9. The number of anilines is 4. The normalized spacial score (nSPS) is 11.3. The van der Waals surface area contributed by atoms with E-state index in [0.717, 1.165) is 16.2 Å². The van der Waals surface area contributed by atoms with Crippen LogP contribution in [-0.2, 0) is 10.0 Å². The van der Waals surface area contributed by atoms with Gasteiger partial charge in [0.15, 0.2) is 5.82 Å². The van der Waals surface area contributed by atoms with E-state index >= 15 is 0 Å². The Morgan fingerprint density at radius 2 is 1.35 bits per heavy atom. The minimum absolute atomic E-state index is 0.122. The van der Waals surface area contributed by atoms with Gasteiger partial charge in [-0.3, -0.25) is 0 Å². The third kappa shape index (κ3) is 4.51. The quantitative estimate of drug-likeness (QED) is 0.354. The first-order valence-corrected chi connectivity index (χ1v) is 11.2. The first-order valence-electron chi connectivity index (χ1n) is 8.99. The van der Waals surface area contributed by atoms with Crippen molar-refractivity contribution in [2.75, 3.05) is 10.6 Å². The minimum Gasteiger partial charge on any atom is -0.338 e. The van der Waals surface area contributed by atoms with Gasteiger partial charge in [-0.2, -0.15) is 8.42 Å². The van der Waals surface area contributed by atoms with E-state index < -0.39 is 15.8 Å². The van der Waals surface area contributed by atoms with Crippen molar-refractivity contribution in [3.63, 3.8) is 0 Å². The molecule has 4 rings (SSSR count). The average Bonchev–Trinajstić information content (AvgIpc) is 3.15. The molecule has 0 fully saturated rings. The minimum atomic E-state index is -4.14. The van der Waals surface area contributed by atoms with Crippen LogP contribution in [0.2, 0.25) is 10.0 Å². The van der Waals surface area contributed by atoms with Crippen molar-refractivity contribution in [3.05, 3.63) is 94.7 Å². The van der Waals surface area contributed by atoms with Crippen molar-refractivity contribution in [3.8, 4) is 0 Å². The highest BCUT2D eigenvalue weighted by Gasteiger charge is 2.24. The van der Waals surface area contributed by atoms with E-state index in [1.165, 1.54) is 18.2 Å². The first-order chi connectivity index (χ1) is 14.8. The summed E-state index contributed by atoms with van der Waals surface area (Å²) in [7, 11) is -4.14. The Bertz CT molecular complexity index is 1340. The number of aromatic nitrogens is 2. The number of rotatable bonds is 6. The zero-order chi connectivity index (χ0) is 22.0. The molecule has 0 aliphatic carbocycles. The molecule has 10 heteroatoms. The van der Waals surface area contributed by atoms with Gasteiger partial charge in [0, 0.05) is 6.07 Å². The fourth-order valence-electron chi connectivity index (χ4n) is 2.80. The Hall–Kier alpha value is -3.07. The van der Waals surface area contributed by atoms with E-state index in [-0.39, 0.29) is 16.5 Å². The monoisotopic (exact) mass is 476 g/mol. The summed E-state index contributed by atoms with van der Waals surface area (Å²) < 4.78 is 40.6. The van der Waals surface area contributed by atoms with E-state index in [1.54, 1.807) is 48.5 Å². The predicted molar refractivity (Wildman–Crippen MR) is 121 cm³/mol. The fraction of sp³-hybridized carbons (Fsp3) is 0. The van der Waals surface area contributed by atoms with Gasteiger partial charge in [-0.1, -0.05) is 47.5 Å². The Balaban J connectivity index is 1.80.